The van der Waals surface area contributed by atoms with Crippen LogP contribution in [0.3, 0.4) is 0 Å². The van der Waals surface area contributed by atoms with Crippen LogP contribution in [0.4, 0.5) is 0 Å². The highest BCUT2D eigenvalue weighted by atomic mass is 35.5. The van der Waals surface area contributed by atoms with Crippen molar-refractivity contribution in [1.29, 1.82) is 0 Å². The van der Waals surface area contributed by atoms with Crippen LogP contribution in [-0.4, -0.2) is 30.8 Å². The van der Waals surface area contributed by atoms with Crippen LogP contribution in [-0.2, 0) is 9.47 Å². The van der Waals surface area contributed by atoms with E-state index < -0.39 is 5.97 Å². The van der Waals surface area contributed by atoms with Gasteiger partial charge in [0.05, 0.1) is 6.61 Å². The maximum atomic E-state index is 11.5. The molecule has 0 saturated carbocycles. The van der Waals surface area contributed by atoms with Crippen molar-refractivity contribution in [3.05, 3.63) is 29.0 Å². The maximum Gasteiger partial charge on any atom is 0.357 e. The predicted octanol–water partition coefficient (Wildman–Crippen LogP) is 1.93. The molecule has 82 valence electrons. The van der Waals surface area contributed by atoms with Crippen LogP contribution in [0.1, 0.15) is 17.4 Å². The van der Waals surface area contributed by atoms with E-state index >= 15 is 0 Å². The second-order valence-corrected chi connectivity index (χ2v) is 3.47. The molecule has 1 atom stereocenters. The molecule has 0 bridgehead atoms. The molecule has 1 aromatic heterocycles. The first-order chi connectivity index (χ1) is 7.13. The number of carbonyl (C=O) groups excluding carboxylic acids is 1. The molecule has 4 nitrogen and oxygen atoms in total. The summed E-state index contributed by atoms with van der Waals surface area (Å²) in [4.78, 5) is 15.3. The SMILES string of the molecule is COCC(C)OC(=O)c1cc(Cl)ccn1. The Labute approximate surface area is 93.2 Å². The molecule has 1 rings (SSSR count). The molecular formula is C10H12ClNO3. The lowest BCUT2D eigenvalue weighted by Gasteiger charge is -2.11. The van der Waals surface area contributed by atoms with Gasteiger partial charge >= 0.3 is 5.97 Å². The lowest BCUT2D eigenvalue weighted by molar-refractivity contribution is 0.0114. The number of esters is 1. The normalized spacial score (nSPS) is 12.2. The van der Waals surface area contributed by atoms with Crippen molar-refractivity contribution in [3.8, 4) is 0 Å². The van der Waals surface area contributed by atoms with Gasteiger partial charge in [0.1, 0.15) is 11.8 Å². The fourth-order valence-corrected chi connectivity index (χ4v) is 1.19. The summed E-state index contributed by atoms with van der Waals surface area (Å²) in [5.41, 5.74) is 0.199. The molecule has 15 heavy (non-hydrogen) atoms. The number of ether oxygens (including phenoxy) is 2. The van der Waals surface area contributed by atoms with Crippen LogP contribution < -0.4 is 0 Å². The maximum absolute atomic E-state index is 11.5. The van der Waals surface area contributed by atoms with Gasteiger partial charge in [-0.1, -0.05) is 11.6 Å². The van der Waals surface area contributed by atoms with Crippen molar-refractivity contribution < 1.29 is 14.3 Å². The number of rotatable bonds is 4. The van der Waals surface area contributed by atoms with Crippen molar-refractivity contribution in [1.82, 2.24) is 4.98 Å². The Morgan fingerprint density at radius 3 is 3.00 bits per heavy atom. The van der Waals surface area contributed by atoms with Gasteiger partial charge in [0, 0.05) is 18.3 Å². The van der Waals surface area contributed by atoms with Gasteiger partial charge in [0.15, 0.2) is 0 Å². The second kappa shape index (κ2) is 5.68. The van der Waals surface area contributed by atoms with Crippen molar-refractivity contribution in [2.45, 2.75) is 13.0 Å². The Morgan fingerprint density at radius 1 is 1.67 bits per heavy atom. The fourth-order valence-electron chi connectivity index (χ4n) is 1.03. The average molecular weight is 230 g/mol. The van der Waals surface area contributed by atoms with Crippen molar-refractivity contribution in [2.24, 2.45) is 0 Å². The molecule has 5 heteroatoms. The summed E-state index contributed by atoms with van der Waals surface area (Å²) < 4.78 is 9.89. The van der Waals surface area contributed by atoms with Gasteiger partial charge in [-0.25, -0.2) is 9.78 Å². The van der Waals surface area contributed by atoms with Gasteiger partial charge in [-0.05, 0) is 19.1 Å². The minimum absolute atomic E-state index is 0.199. The summed E-state index contributed by atoms with van der Waals surface area (Å²) in [7, 11) is 1.54. The van der Waals surface area contributed by atoms with E-state index in [0.29, 0.717) is 11.6 Å². The Hall–Kier alpha value is -1.13. The Morgan fingerprint density at radius 2 is 2.40 bits per heavy atom. The molecule has 1 aromatic rings. The highest BCUT2D eigenvalue weighted by Crippen LogP contribution is 2.09. The molecule has 0 aliphatic rings. The fraction of sp³-hybridized carbons (Fsp3) is 0.400. The Bertz CT molecular complexity index is 343. The monoisotopic (exact) mass is 229 g/mol. The molecular weight excluding hydrogens is 218 g/mol. The van der Waals surface area contributed by atoms with Crippen LogP contribution in [0.15, 0.2) is 18.3 Å². The molecule has 0 aliphatic heterocycles. The number of methoxy groups -OCH3 is 1. The van der Waals surface area contributed by atoms with Crippen LogP contribution in [0.5, 0.6) is 0 Å². The van der Waals surface area contributed by atoms with Crippen LogP contribution in [0.25, 0.3) is 0 Å². The third kappa shape index (κ3) is 3.85. The van der Waals surface area contributed by atoms with E-state index in [-0.39, 0.29) is 11.8 Å². The molecule has 0 N–H and O–H groups in total. The van der Waals surface area contributed by atoms with E-state index in [1.54, 1.807) is 20.1 Å². The third-order valence-electron chi connectivity index (χ3n) is 1.64. The number of hydrogen-bond acceptors (Lipinski definition) is 4. The van der Waals surface area contributed by atoms with Crippen molar-refractivity contribution in [2.75, 3.05) is 13.7 Å². The lowest BCUT2D eigenvalue weighted by Crippen LogP contribution is -2.20. The Balaban J connectivity index is 2.61. The highest BCUT2D eigenvalue weighted by Gasteiger charge is 2.13. The smallest absolute Gasteiger partial charge is 0.357 e. The van der Waals surface area contributed by atoms with Gasteiger partial charge in [-0.2, -0.15) is 0 Å². The molecule has 1 unspecified atom stereocenters. The van der Waals surface area contributed by atoms with E-state index in [4.69, 9.17) is 21.1 Å². The molecule has 0 amide bonds. The van der Waals surface area contributed by atoms with E-state index in [0.717, 1.165) is 0 Å². The summed E-state index contributed by atoms with van der Waals surface area (Å²) in [5, 5.41) is 0.455. The number of carbonyl (C=O) groups is 1. The average Bonchev–Trinajstić information content (AvgIpc) is 2.18. The molecule has 0 radical (unpaired) electrons. The molecule has 1 heterocycles. The summed E-state index contributed by atoms with van der Waals surface area (Å²) in [6, 6.07) is 3.06. The number of aromatic nitrogens is 1. The zero-order valence-electron chi connectivity index (χ0n) is 8.57. The van der Waals surface area contributed by atoms with Crippen molar-refractivity contribution in [3.63, 3.8) is 0 Å². The van der Waals surface area contributed by atoms with E-state index in [1.165, 1.54) is 12.3 Å². The topological polar surface area (TPSA) is 48.4 Å². The minimum atomic E-state index is -0.498. The minimum Gasteiger partial charge on any atom is -0.455 e. The summed E-state index contributed by atoms with van der Waals surface area (Å²) in [5.74, 6) is -0.498. The lowest BCUT2D eigenvalue weighted by atomic mass is 10.3. The van der Waals surface area contributed by atoms with Crippen LogP contribution >= 0.6 is 11.6 Å². The summed E-state index contributed by atoms with van der Waals surface area (Å²) in [6.45, 7) is 2.10. The van der Waals surface area contributed by atoms with Crippen LogP contribution in [0.2, 0.25) is 5.02 Å². The zero-order valence-corrected chi connectivity index (χ0v) is 9.32. The van der Waals surface area contributed by atoms with E-state index in [1.807, 2.05) is 0 Å². The summed E-state index contributed by atoms with van der Waals surface area (Å²) in [6.07, 6.45) is 1.16. The zero-order chi connectivity index (χ0) is 11.3. The molecule has 0 aromatic carbocycles. The van der Waals surface area contributed by atoms with Gasteiger partial charge in [0.25, 0.3) is 0 Å². The quantitative estimate of drug-likeness (QED) is 0.741. The highest BCUT2D eigenvalue weighted by molar-refractivity contribution is 6.30. The first-order valence-corrected chi connectivity index (χ1v) is 4.82. The number of nitrogens with zero attached hydrogens (tertiary/aromatic N) is 1. The molecule has 0 spiro atoms. The molecule has 0 aliphatic carbocycles. The van der Waals surface area contributed by atoms with Gasteiger partial charge in [-0.3, -0.25) is 0 Å². The first kappa shape index (κ1) is 11.9. The largest absolute Gasteiger partial charge is 0.455 e. The van der Waals surface area contributed by atoms with Crippen LogP contribution in [0, 0.1) is 0 Å². The number of pyridine rings is 1. The predicted molar refractivity (Wildman–Crippen MR) is 56.0 cm³/mol. The van der Waals surface area contributed by atoms with Gasteiger partial charge < -0.3 is 9.47 Å². The number of hydrogen-bond donors (Lipinski definition) is 0. The Kier molecular flexibility index (Phi) is 4.52. The van der Waals surface area contributed by atoms with E-state index in [9.17, 15) is 4.79 Å². The van der Waals surface area contributed by atoms with Crippen molar-refractivity contribution >= 4 is 17.6 Å². The number of halogens is 1. The van der Waals surface area contributed by atoms with Gasteiger partial charge in [-0.15, -0.1) is 0 Å². The van der Waals surface area contributed by atoms with E-state index in [2.05, 4.69) is 4.98 Å². The first-order valence-electron chi connectivity index (χ1n) is 4.45. The standard InChI is InChI=1S/C10H12ClNO3/c1-7(6-14-2)15-10(13)9-5-8(11)3-4-12-9/h3-5,7H,6H2,1-2H3. The van der Waals surface area contributed by atoms with Gasteiger partial charge in [0.2, 0.25) is 0 Å². The second-order valence-electron chi connectivity index (χ2n) is 3.03. The summed E-state index contributed by atoms with van der Waals surface area (Å²) >= 11 is 5.71. The molecule has 0 saturated heterocycles. The molecule has 0 fully saturated rings. The third-order valence-corrected chi connectivity index (χ3v) is 1.88.